The van der Waals surface area contributed by atoms with Gasteiger partial charge in [-0.3, -0.25) is 4.79 Å². The van der Waals surface area contributed by atoms with Gasteiger partial charge in [0.25, 0.3) is 0 Å². The summed E-state index contributed by atoms with van der Waals surface area (Å²) < 4.78 is 0. The highest BCUT2D eigenvalue weighted by atomic mass is 16.3. The lowest BCUT2D eigenvalue weighted by Crippen LogP contribution is -2.50. The van der Waals surface area contributed by atoms with Gasteiger partial charge in [0, 0.05) is 12.1 Å². The van der Waals surface area contributed by atoms with Crippen LogP contribution >= 0.6 is 0 Å². The molecule has 1 aliphatic carbocycles. The predicted molar refractivity (Wildman–Crippen MR) is 68.7 cm³/mol. The van der Waals surface area contributed by atoms with Crippen molar-refractivity contribution in [2.45, 2.75) is 64.6 Å². The first-order valence-corrected chi connectivity index (χ1v) is 6.53. The van der Waals surface area contributed by atoms with Crippen molar-refractivity contribution in [2.24, 2.45) is 5.92 Å². The smallest absolute Gasteiger partial charge is 0.237 e. The number of aliphatic hydroxyl groups is 1. The summed E-state index contributed by atoms with van der Waals surface area (Å²) in [6.07, 6.45) is 2.85. The molecule has 0 bridgehead atoms. The molecule has 4 nitrogen and oxygen atoms in total. The average Bonchev–Trinajstić information content (AvgIpc) is 2.57. The normalized spacial score (nSPS) is 26.9. The van der Waals surface area contributed by atoms with Gasteiger partial charge in [-0.25, -0.2) is 0 Å². The topological polar surface area (TPSA) is 61.4 Å². The molecule has 4 heteroatoms. The molecule has 100 valence electrons. The Morgan fingerprint density at radius 3 is 2.53 bits per heavy atom. The van der Waals surface area contributed by atoms with Crippen molar-refractivity contribution in [2.75, 3.05) is 6.54 Å². The quantitative estimate of drug-likeness (QED) is 0.690. The molecule has 0 aromatic heterocycles. The summed E-state index contributed by atoms with van der Waals surface area (Å²) in [6, 6.07) is -0.206. The lowest BCUT2D eigenvalue weighted by Gasteiger charge is -2.25. The van der Waals surface area contributed by atoms with Crippen LogP contribution in [-0.4, -0.2) is 35.2 Å². The molecule has 0 aromatic carbocycles. The maximum absolute atomic E-state index is 11.8. The number of hydrogen-bond acceptors (Lipinski definition) is 3. The summed E-state index contributed by atoms with van der Waals surface area (Å²) in [5.41, 5.74) is -0.195. The van der Waals surface area contributed by atoms with E-state index in [9.17, 15) is 9.90 Å². The summed E-state index contributed by atoms with van der Waals surface area (Å²) in [7, 11) is 0. The first-order chi connectivity index (χ1) is 7.79. The average molecular weight is 242 g/mol. The first kappa shape index (κ1) is 14.5. The van der Waals surface area contributed by atoms with Crippen molar-refractivity contribution < 1.29 is 9.90 Å². The van der Waals surface area contributed by atoms with Crippen molar-refractivity contribution in [3.05, 3.63) is 0 Å². The number of carbonyl (C=O) groups excluding carboxylic acids is 1. The molecule has 3 atom stereocenters. The largest absolute Gasteiger partial charge is 0.393 e. The Kier molecular flexibility index (Phi) is 4.95. The minimum atomic E-state index is -0.206. The van der Waals surface area contributed by atoms with Gasteiger partial charge in [-0.15, -0.1) is 0 Å². The monoisotopic (exact) mass is 242 g/mol. The van der Waals surface area contributed by atoms with Crippen LogP contribution < -0.4 is 10.6 Å². The number of carbonyl (C=O) groups is 1. The zero-order valence-corrected chi connectivity index (χ0v) is 11.4. The van der Waals surface area contributed by atoms with E-state index in [-0.39, 0.29) is 23.6 Å². The van der Waals surface area contributed by atoms with E-state index < -0.39 is 0 Å². The predicted octanol–water partition coefficient (Wildman–Crippen LogP) is 1.04. The Morgan fingerprint density at radius 1 is 1.41 bits per heavy atom. The third-order valence-corrected chi connectivity index (χ3v) is 3.20. The molecular weight excluding hydrogens is 216 g/mol. The van der Waals surface area contributed by atoms with Gasteiger partial charge in [0.15, 0.2) is 0 Å². The van der Waals surface area contributed by atoms with Crippen LogP contribution in [0.4, 0.5) is 0 Å². The third-order valence-electron chi connectivity index (χ3n) is 3.20. The fraction of sp³-hybridized carbons (Fsp3) is 0.923. The second kappa shape index (κ2) is 5.83. The Bertz CT molecular complexity index is 261. The van der Waals surface area contributed by atoms with Crippen LogP contribution in [0.15, 0.2) is 0 Å². The number of aliphatic hydroxyl groups excluding tert-OH is 1. The van der Waals surface area contributed by atoms with Gasteiger partial charge in [0.1, 0.15) is 0 Å². The van der Waals surface area contributed by atoms with Crippen LogP contribution in [0.5, 0.6) is 0 Å². The Balaban J connectivity index is 2.29. The van der Waals surface area contributed by atoms with Crippen LogP contribution in [0, 0.1) is 5.92 Å². The minimum absolute atomic E-state index is 0.0185. The molecule has 3 unspecified atom stereocenters. The highest BCUT2D eigenvalue weighted by molar-refractivity contribution is 5.81. The molecule has 0 heterocycles. The van der Waals surface area contributed by atoms with Crippen molar-refractivity contribution in [1.29, 1.82) is 0 Å². The molecule has 3 N–H and O–H groups in total. The maximum Gasteiger partial charge on any atom is 0.237 e. The van der Waals surface area contributed by atoms with E-state index in [0.29, 0.717) is 5.92 Å². The van der Waals surface area contributed by atoms with E-state index in [1.165, 1.54) is 0 Å². The van der Waals surface area contributed by atoms with E-state index in [2.05, 4.69) is 10.6 Å². The molecule has 0 spiro atoms. The van der Waals surface area contributed by atoms with Crippen LogP contribution in [0.2, 0.25) is 0 Å². The van der Waals surface area contributed by atoms with Gasteiger partial charge >= 0.3 is 0 Å². The third kappa shape index (κ3) is 5.04. The van der Waals surface area contributed by atoms with Crippen molar-refractivity contribution in [3.8, 4) is 0 Å². The van der Waals surface area contributed by atoms with Crippen molar-refractivity contribution in [1.82, 2.24) is 10.6 Å². The molecular formula is C13H26N2O2. The van der Waals surface area contributed by atoms with Crippen LogP contribution in [0.25, 0.3) is 0 Å². The second-order valence-electron chi connectivity index (χ2n) is 6.13. The molecule has 1 aliphatic rings. The molecule has 0 radical (unpaired) electrons. The summed E-state index contributed by atoms with van der Waals surface area (Å²) in [6.45, 7) is 8.50. The fourth-order valence-corrected chi connectivity index (χ4v) is 2.15. The number of amides is 1. The lowest BCUT2D eigenvalue weighted by atomic mass is 10.1. The van der Waals surface area contributed by atoms with Gasteiger partial charge in [0.05, 0.1) is 12.1 Å². The number of nitrogens with one attached hydrogen (secondary N) is 2. The lowest BCUT2D eigenvalue weighted by molar-refractivity contribution is -0.124. The SMILES string of the molecule is CC(NCC1CCCC1O)C(=O)NC(C)(C)C. The van der Waals surface area contributed by atoms with Crippen molar-refractivity contribution >= 4 is 5.91 Å². The van der Waals surface area contributed by atoms with E-state index in [0.717, 1.165) is 25.8 Å². The highest BCUT2D eigenvalue weighted by Gasteiger charge is 2.26. The van der Waals surface area contributed by atoms with E-state index >= 15 is 0 Å². The van der Waals surface area contributed by atoms with Crippen LogP contribution in [0.1, 0.15) is 47.0 Å². The molecule has 1 rings (SSSR count). The number of rotatable bonds is 4. The van der Waals surface area contributed by atoms with E-state index in [4.69, 9.17) is 0 Å². The van der Waals surface area contributed by atoms with Gasteiger partial charge in [0.2, 0.25) is 5.91 Å². The Labute approximate surface area is 104 Å². The molecule has 1 fully saturated rings. The van der Waals surface area contributed by atoms with Crippen LogP contribution in [-0.2, 0) is 4.79 Å². The zero-order chi connectivity index (χ0) is 13.1. The Morgan fingerprint density at radius 2 is 2.06 bits per heavy atom. The summed E-state index contributed by atoms with van der Waals surface area (Å²) >= 11 is 0. The fourth-order valence-electron chi connectivity index (χ4n) is 2.15. The molecule has 0 aliphatic heterocycles. The van der Waals surface area contributed by atoms with Gasteiger partial charge in [-0.2, -0.15) is 0 Å². The summed E-state index contributed by atoms with van der Waals surface area (Å²) in [4.78, 5) is 11.8. The van der Waals surface area contributed by atoms with E-state index in [1.807, 2.05) is 27.7 Å². The van der Waals surface area contributed by atoms with Crippen molar-refractivity contribution in [3.63, 3.8) is 0 Å². The van der Waals surface area contributed by atoms with Gasteiger partial charge < -0.3 is 15.7 Å². The minimum Gasteiger partial charge on any atom is -0.393 e. The summed E-state index contributed by atoms with van der Waals surface area (Å²) in [5.74, 6) is 0.324. The Hall–Kier alpha value is -0.610. The molecule has 0 saturated heterocycles. The standard InChI is InChI=1S/C13H26N2O2/c1-9(12(17)15-13(2,3)4)14-8-10-6-5-7-11(10)16/h9-11,14,16H,5-8H2,1-4H3,(H,15,17). The van der Waals surface area contributed by atoms with E-state index in [1.54, 1.807) is 0 Å². The van der Waals surface area contributed by atoms with Gasteiger partial charge in [-0.05, 0) is 46.5 Å². The second-order valence-corrected chi connectivity index (χ2v) is 6.13. The summed E-state index contributed by atoms with van der Waals surface area (Å²) in [5, 5.41) is 15.8. The number of hydrogen-bond donors (Lipinski definition) is 3. The molecule has 0 aromatic rings. The maximum atomic E-state index is 11.8. The first-order valence-electron chi connectivity index (χ1n) is 6.53. The molecule has 1 amide bonds. The zero-order valence-electron chi connectivity index (χ0n) is 11.4. The van der Waals surface area contributed by atoms with Crippen LogP contribution in [0.3, 0.4) is 0 Å². The molecule has 17 heavy (non-hydrogen) atoms. The highest BCUT2D eigenvalue weighted by Crippen LogP contribution is 2.24. The van der Waals surface area contributed by atoms with Gasteiger partial charge in [-0.1, -0.05) is 6.42 Å². The molecule has 1 saturated carbocycles.